The van der Waals surface area contributed by atoms with Gasteiger partial charge < -0.3 is 15.2 Å². The van der Waals surface area contributed by atoms with Crippen molar-refractivity contribution in [2.45, 2.75) is 6.04 Å². The number of non-ortho nitro benzene ring substituents is 1. The average Bonchev–Trinajstić information content (AvgIpc) is 2.96. The van der Waals surface area contributed by atoms with E-state index in [-0.39, 0.29) is 17.0 Å². The highest BCUT2D eigenvalue weighted by atomic mass is 16.6. The molecule has 0 aliphatic carbocycles. The number of aliphatic hydroxyl groups excluding tert-OH is 1. The minimum Gasteiger partial charge on any atom is -0.507 e. The molecule has 2 aromatic carbocycles. The van der Waals surface area contributed by atoms with E-state index in [1.807, 2.05) is 0 Å². The zero-order chi connectivity index (χ0) is 18.8. The SMILES string of the molecule is COc1ccc(C(O)=C2C(=O)C(=O)N[C@H]2c2ccc([N+](=O)[O-])cc2)cc1. The van der Waals surface area contributed by atoms with E-state index in [0.29, 0.717) is 16.9 Å². The molecule has 1 fully saturated rings. The number of rotatable bonds is 4. The molecule has 0 aromatic heterocycles. The average molecular weight is 354 g/mol. The molecule has 1 amide bonds. The minimum absolute atomic E-state index is 0.103. The highest BCUT2D eigenvalue weighted by Gasteiger charge is 2.39. The van der Waals surface area contributed by atoms with Gasteiger partial charge in [-0.25, -0.2) is 0 Å². The number of ether oxygens (including phenoxy) is 1. The Morgan fingerprint density at radius 3 is 2.27 bits per heavy atom. The van der Waals surface area contributed by atoms with Crippen LogP contribution in [0, 0.1) is 10.1 Å². The van der Waals surface area contributed by atoms with Gasteiger partial charge in [-0.15, -0.1) is 0 Å². The number of carbonyl (C=O) groups is 2. The monoisotopic (exact) mass is 354 g/mol. The van der Waals surface area contributed by atoms with E-state index < -0.39 is 22.7 Å². The van der Waals surface area contributed by atoms with Gasteiger partial charge in [0.25, 0.3) is 17.4 Å². The number of nitro benzene ring substituents is 1. The second-order valence-electron chi connectivity index (χ2n) is 5.58. The Kier molecular flexibility index (Phi) is 4.40. The number of carbonyl (C=O) groups excluding carboxylic acids is 2. The number of nitrogens with one attached hydrogen (secondary N) is 1. The Balaban J connectivity index is 2.04. The van der Waals surface area contributed by atoms with Crippen molar-refractivity contribution in [1.82, 2.24) is 5.32 Å². The summed E-state index contributed by atoms with van der Waals surface area (Å²) in [5, 5.41) is 23.8. The first-order valence-electron chi connectivity index (χ1n) is 7.59. The summed E-state index contributed by atoms with van der Waals surface area (Å²) in [6, 6.07) is 10.9. The van der Waals surface area contributed by atoms with Crippen LogP contribution in [0.3, 0.4) is 0 Å². The van der Waals surface area contributed by atoms with Crippen LogP contribution in [0.25, 0.3) is 5.76 Å². The fourth-order valence-electron chi connectivity index (χ4n) is 2.71. The number of ketones is 1. The topological polar surface area (TPSA) is 119 Å². The highest BCUT2D eigenvalue weighted by molar-refractivity contribution is 6.46. The van der Waals surface area contributed by atoms with Crippen LogP contribution < -0.4 is 10.1 Å². The number of amides is 1. The fraction of sp³-hybridized carbons (Fsp3) is 0.111. The van der Waals surface area contributed by atoms with Gasteiger partial charge in [0.05, 0.1) is 23.6 Å². The summed E-state index contributed by atoms with van der Waals surface area (Å²) in [7, 11) is 1.50. The van der Waals surface area contributed by atoms with Crippen LogP contribution in [-0.4, -0.2) is 28.8 Å². The molecule has 0 spiro atoms. The molecule has 26 heavy (non-hydrogen) atoms. The van der Waals surface area contributed by atoms with Crippen LogP contribution in [0.5, 0.6) is 5.75 Å². The van der Waals surface area contributed by atoms with Crippen LogP contribution in [0.2, 0.25) is 0 Å². The molecule has 0 radical (unpaired) electrons. The van der Waals surface area contributed by atoms with Crippen molar-refractivity contribution in [3.63, 3.8) is 0 Å². The molecule has 8 nitrogen and oxygen atoms in total. The molecule has 1 atom stereocenters. The minimum atomic E-state index is -0.891. The number of benzene rings is 2. The van der Waals surface area contributed by atoms with Crippen LogP contribution in [0.1, 0.15) is 17.2 Å². The van der Waals surface area contributed by atoms with Gasteiger partial charge in [0, 0.05) is 17.7 Å². The Morgan fingerprint density at radius 2 is 1.73 bits per heavy atom. The lowest BCUT2D eigenvalue weighted by molar-refractivity contribution is -0.384. The third-order valence-corrected chi connectivity index (χ3v) is 4.07. The molecule has 1 aliphatic rings. The molecule has 0 bridgehead atoms. The first-order chi connectivity index (χ1) is 12.4. The second kappa shape index (κ2) is 6.67. The summed E-state index contributed by atoms with van der Waals surface area (Å²) in [5.74, 6) is -1.45. The Bertz CT molecular complexity index is 916. The molecule has 2 N–H and O–H groups in total. The number of nitro groups is 1. The van der Waals surface area contributed by atoms with Gasteiger partial charge in [-0.05, 0) is 42.0 Å². The van der Waals surface area contributed by atoms with E-state index in [1.165, 1.54) is 31.4 Å². The van der Waals surface area contributed by atoms with E-state index in [9.17, 15) is 24.8 Å². The molecule has 8 heteroatoms. The predicted octanol–water partition coefficient (Wildman–Crippen LogP) is 2.31. The third kappa shape index (κ3) is 3.00. The van der Waals surface area contributed by atoms with Crippen LogP contribution in [0.4, 0.5) is 5.69 Å². The maximum atomic E-state index is 12.2. The maximum Gasteiger partial charge on any atom is 0.293 e. The number of hydrogen-bond acceptors (Lipinski definition) is 6. The van der Waals surface area contributed by atoms with Crippen molar-refractivity contribution < 1.29 is 24.4 Å². The van der Waals surface area contributed by atoms with E-state index >= 15 is 0 Å². The van der Waals surface area contributed by atoms with E-state index in [1.54, 1.807) is 24.3 Å². The molecule has 132 valence electrons. The van der Waals surface area contributed by atoms with E-state index in [0.717, 1.165) is 0 Å². The van der Waals surface area contributed by atoms with Gasteiger partial charge in [0.1, 0.15) is 11.5 Å². The Labute approximate surface area is 147 Å². The number of methoxy groups -OCH3 is 1. The van der Waals surface area contributed by atoms with Gasteiger partial charge in [-0.1, -0.05) is 0 Å². The van der Waals surface area contributed by atoms with E-state index in [2.05, 4.69) is 5.32 Å². The standard InChI is InChI=1S/C18H14N2O6/c1-26-13-8-4-11(5-9-13)16(21)14-15(19-18(23)17(14)22)10-2-6-12(7-3-10)20(24)25/h2-9,15,21H,1H3,(H,19,23)/t15-/m0/s1. The van der Waals surface area contributed by atoms with Crippen LogP contribution in [-0.2, 0) is 9.59 Å². The van der Waals surface area contributed by atoms with Crippen molar-refractivity contribution in [2.24, 2.45) is 0 Å². The molecule has 3 rings (SSSR count). The first kappa shape index (κ1) is 17.2. The lowest BCUT2D eigenvalue weighted by atomic mass is 9.95. The Morgan fingerprint density at radius 1 is 1.12 bits per heavy atom. The van der Waals surface area contributed by atoms with Crippen molar-refractivity contribution >= 4 is 23.1 Å². The van der Waals surface area contributed by atoms with Gasteiger partial charge in [-0.3, -0.25) is 19.7 Å². The molecule has 1 saturated heterocycles. The van der Waals surface area contributed by atoms with Crippen LogP contribution >= 0.6 is 0 Å². The van der Waals surface area contributed by atoms with E-state index in [4.69, 9.17) is 4.74 Å². The van der Waals surface area contributed by atoms with Crippen LogP contribution in [0.15, 0.2) is 54.1 Å². The summed E-state index contributed by atoms with van der Waals surface area (Å²) >= 11 is 0. The maximum absolute atomic E-state index is 12.2. The highest BCUT2D eigenvalue weighted by Crippen LogP contribution is 2.33. The lowest BCUT2D eigenvalue weighted by Crippen LogP contribution is -2.21. The number of Topliss-reactive ketones (excluding diaryl/α,β-unsaturated/α-hetero) is 1. The summed E-state index contributed by atoms with van der Waals surface area (Å²) in [4.78, 5) is 34.3. The lowest BCUT2D eigenvalue weighted by Gasteiger charge is -2.13. The van der Waals surface area contributed by atoms with Crippen molar-refractivity contribution in [3.8, 4) is 5.75 Å². The Hall–Kier alpha value is -3.68. The van der Waals surface area contributed by atoms with Gasteiger partial charge >= 0.3 is 0 Å². The number of nitrogens with zero attached hydrogens (tertiary/aromatic N) is 1. The predicted molar refractivity (Wildman–Crippen MR) is 91.5 cm³/mol. The summed E-state index contributed by atoms with van der Waals surface area (Å²) in [5.41, 5.74) is 0.575. The van der Waals surface area contributed by atoms with Crippen molar-refractivity contribution in [3.05, 3.63) is 75.3 Å². The summed E-state index contributed by atoms with van der Waals surface area (Å²) < 4.78 is 5.05. The van der Waals surface area contributed by atoms with Crippen molar-refractivity contribution in [2.75, 3.05) is 7.11 Å². The third-order valence-electron chi connectivity index (χ3n) is 4.07. The smallest absolute Gasteiger partial charge is 0.293 e. The molecule has 1 aliphatic heterocycles. The summed E-state index contributed by atoms with van der Waals surface area (Å²) in [6.45, 7) is 0. The first-order valence-corrected chi connectivity index (χ1v) is 7.59. The van der Waals surface area contributed by atoms with Crippen molar-refractivity contribution in [1.29, 1.82) is 0 Å². The van der Waals surface area contributed by atoms with Gasteiger partial charge in [0.15, 0.2) is 0 Å². The fourth-order valence-corrected chi connectivity index (χ4v) is 2.71. The molecular weight excluding hydrogens is 340 g/mol. The second-order valence-corrected chi connectivity index (χ2v) is 5.58. The molecule has 2 aromatic rings. The summed E-state index contributed by atoms with van der Waals surface area (Å²) in [6.07, 6.45) is 0. The van der Waals surface area contributed by atoms with Gasteiger partial charge in [0.2, 0.25) is 0 Å². The largest absolute Gasteiger partial charge is 0.507 e. The number of aliphatic hydroxyl groups is 1. The zero-order valence-corrected chi connectivity index (χ0v) is 13.6. The number of hydrogen-bond donors (Lipinski definition) is 2. The molecule has 1 heterocycles. The molecule has 0 saturated carbocycles. The molecular formula is C18H14N2O6. The van der Waals surface area contributed by atoms with Gasteiger partial charge in [-0.2, -0.15) is 0 Å². The molecule has 0 unspecified atom stereocenters. The zero-order valence-electron chi connectivity index (χ0n) is 13.6. The normalized spacial score (nSPS) is 18.4. The quantitative estimate of drug-likeness (QED) is 0.286.